The van der Waals surface area contributed by atoms with Crippen LogP contribution in [0.25, 0.3) is 0 Å². The molecular weight excluding hydrogens is 254 g/mol. The number of hydrogen-bond acceptors (Lipinski definition) is 3. The number of benzene rings is 1. The second-order valence-corrected chi connectivity index (χ2v) is 4.89. The van der Waals surface area contributed by atoms with Crippen molar-refractivity contribution in [2.75, 3.05) is 6.54 Å². The smallest absolute Gasteiger partial charge is 0.312 e. The van der Waals surface area contributed by atoms with Crippen molar-refractivity contribution in [2.24, 2.45) is 0 Å². The van der Waals surface area contributed by atoms with Crippen LogP contribution in [0.4, 0.5) is 0 Å². The van der Waals surface area contributed by atoms with E-state index in [2.05, 4.69) is 5.32 Å². The lowest BCUT2D eigenvalue weighted by atomic mass is 9.99. The first-order valence-electron chi connectivity index (χ1n) is 6.70. The number of carboxylic acid groups (broad SMARTS) is 1. The molecule has 0 aliphatic heterocycles. The predicted molar refractivity (Wildman–Crippen MR) is 76.7 cm³/mol. The summed E-state index contributed by atoms with van der Waals surface area (Å²) in [5, 5.41) is 12.6. The fourth-order valence-electron chi connectivity index (χ4n) is 2.15. The van der Waals surface area contributed by atoms with E-state index in [4.69, 9.17) is 4.42 Å². The van der Waals surface area contributed by atoms with Crippen LogP contribution in [-0.2, 0) is 11.2 Å². The molecule has 0 saturated heterocycles. The molecule has 2 atom stereocenters. The summed E-state index contributed by atoms with van der Waals surface area (Å²) < 4.78 is 5.29. The van der Waals surface area contributed by atoms with Gasteiger partial charge in [-0.05, 0) is 24.6 Å². The molecule has 2 aromatic rings. The number of carboxylic acids is 1. The Bertz CT molecular complexity index is 522. The van der Waals surface area contributed by atoms with E-state index in [1.54, 1.807) is 6.26 Å². The lowest BCUT2D eigenvalue weighted by Crippen LogP contribution is -2.34. The van der Waals surface area contributed by atoms with Gasteiger partial charge in [0, 0.05) is 19.0 Å². The molecule has 0 radical (unpaired) electrons. The highest BCUT2D eigenvalue weighted by molar-refractivity contribution is 5.76. The van der Waals surface area contributed by atoms with Gasteiger partial charge >= 0.3 is 5.97 Å². The summed E-state index contributed by atoms with van der Waals surface area (Å²) in [5.74, 6) is -0.444. The van der Waals surface area contributed by atoms with E-state index in [0.29, 0.717) is 6.54 Å². The third-order valence-corrected chi connectivity index (χ3v) is 3.26. The first-order valence-corrected chi connectivity index (χ1v) is 6.70. The van der Waals surface area contributed by atoms with Crippen LogP contribution >= 0.6 is 0 Å². The number of aliphatic carboxylic acids is 1. The quantitative estimate of drug-likeness (QED) is 0.814. The number of hydrogen-bond donors (Lipinski definition) is 2. The molecule has 0 aliphatic carbocycles. The zero-order valence-electron chi connectivity index (χ0n) is 11.5. The first-order chi connectivity index (χ1) is 9.66. The van der Waals surface area contributed by atoms with E-state index in [1.807, 2.05) is 49.4 Å². The molecule has 2 unspecified atom stereocenters. The van der Waals surface area contributed by atoms with Crippen LogP contribution in [0.1, 0.15) is 24.2 Å². The Morgan fingerprint density at radius 3 is 2.60 bits per heavy atom. The van der Waals surface area contributed by atoms with Gasteiger partial charge < -0.3 is 14.8 Å². The Morgan fingerprint density at radius 2 is 2.00 bits per heavy atom. The van der Waals surface area contributed by atoms with Gasteiger partial charge in [-0.15, -0.1) is 0 Å². The van der Waals surface area contributed by atoms with Crippen molar-refractivity contribution in [1.82, 2.24) is 5.32 Å². The molecule has 0 amide bonds. The molecule has 4 nitrogen and oxygen atoms in total. The molecular formula is C16H19NO3. The lowest BCUT2D eigenvalue weighted by Gasteiger charge is -2.17. The van der Waals surface area contributed by atoms with E-state index < -0.39 is 11.9 Å². The minimum absolute atomic E-state index is 0.159. The normalized spacial score (nSPS) is 13.8. The molecule has 4 heteroatoms. The van der Waals surface area contributed by atoms with Crippen molar-refractivity contribution in [3.8, 4) is 0 Å². The summed E-state index contributed by atoms with van der Waals surface area (Å²) in [7, 11) is 0. The number of furan rings is 1. The fraction of sp³-hybridized carbons (Fsp3) is 0.312. The van der Waals surface area contributed by atoms with Gasteiger partial charge in [0.05, 0.1) is 12.2 Å². The summed E-state index contributed by atoms with van der Waals surface area (Å²) in [5.41, 5.74) is 0.817. The van der Waals surface area contributed by atoms with Crippen molar-refractivity contribution in [2.45, 2.75) is 25.3 Å². The maximum atomic E-state index is 11.4. The standard InChI is InChI=1S/C16H19NO3/c1-12(10-14-8-5-9-20-14)17-11-15(16(18)19)13-6-3-2-4-7-13/h2-9,12,15,17H,10-11H2,1H3,(H,18,19). The zero-order chi connectivity index (χ0) is 14.4. The Morgan fingerprint density at radius 1 is 1.25 bits per heavy atom. The topological polar surface area (TPSA) is 62.5 Å². The van der Waals surface area contributed by atoms with E-state index in [9.17, 15) is 9.90 Å². The molecule has 0 aliphatic rings. The van der Waals surface area contributed by atoms with Crippen molar-refractivity contribution < 1.29 is 14.3 Å². The minimum atomic E-state index is -0.811. The van der Waals surface area contributed by atoms with Gasteiger partial charge in [0.15, 0.2) is 0 Å². The van der Waals surface area contributed by atoms with E-state index >= 15 is 0 Å². The van der Waals surface area contributed by atoms with Crippen molar-refractivity contribution in [1.29, 1.82) is 0 Å². The largest absolute Gasteiger partial charge is 0.481 e. The highest BCUT2D eigenvalue weighted by atomic mass is 16.4. The predicted octanol–water partition coefficient (Wildman–Crippen LogP) is 2.67. The minimum Gasteiger partial charge on any atom is -0.481 e. The van der Waals surface area contributed by atoms with Gasteiger partial charge in [0.1, 0.15) is 5.76 Å². The van der Waals surface area contributed by atoms with E-state index in [0.717, 1.165) is 17.7 Å². The molecule has 0 saturated carbocycles. The molecule has 1 heterocycles. The molecule has 1 aromatic carbocycles. The summed E-state index contributed by atoms with van der Waals surface area (Å²) in [6, 6.07) is 13.2. The van der Waals surface area contributed by atoms with Crippen molar-refractivity contribution >= 4 is 5.97 Å². The molecule has 2 rings (SSSR count). The van der Waals surface area contributed by atoms with Gasteiger partial charge in [-0.25, -0.2) is 0 Å². The molecule has 1 aromatic heterocycles. The van der Waals surface area contributed by atoms with Crippen LogP contribution in [-0.4, -0.2) is 23.7 Å². The SMILES string of the molecule is CC(Cc1ccco1)NCC(C(=O)O)c1ccccc1. The summed E-state index contributed by atoms with van der Waals surface area (Å²) in [6.07, 6.45) is 2.39. The zero-order valence-corrected chi connectivity index (χ0v) is 11.5. The third-order valence-electron chi connectivity index (χ3n) is 3.26. The number of nitrogens with one attached hydrogen (secondary N) is 1. The van der Waals surface area contributed by atoms with Crippen LogP contribution in [0, 0.1) is 0 Å². The summed E-state index contributed by atoms with van der Waals surface area (Å²) in [4.78, 5) is 11.4. The lowest BCUT2D eigenvalue weighted by molar-refractivity contribution is -0.138. The third kappa shape index (κ3) is 3.96. The average molecular weight is 273 g/mol. The Balaban J connectivity index is 1.91. The maximum Gasteiger partial charge on any atom is 0.312 e. The molecule has 0 spiro atoms. The van der Waals surface area contributed by atoms with Gasteiger partial charge in [-0.2, -0.15) is 0 Å². The molecule has 0 fully saturated rings. The second kappa shape index (κ2) is 6.91. The van der Waals surface area contributed by atoms with Crippen LogP contribution in [0.3, 0.4) is 0 Å². The Hall–Kier alpha value is -2.07. The molecule has 0 bridgehead atoms. The van der Waals surface area contributed by atoms with E-state index in [-0.39, 0.29) is 6.04 Å². The van der Waals surface area contributed by atoms with E-state index in [1.165, 1.54) is 0 Å². The van der Waals surface area contributed by atoms with Crippen LogP contribution < -0.4 is 5.32 Å². The van der Waals surface area contributed by atoms with Crippen molar-refractivity contribution in [3.63, 3.8) is 0 Å². The average Bonchev–Trinajstić information content (AvgIpc) is 2.92. The summed E-state index contributed by atoms with van der Waals surface area (Å²) >= 11 is 0. The highest BCUT2D eigenvalue weighted by Crippen LogP contribution is 2.15. The van der Waals surface area contributed by atoms with Gasteiger partial charge in [0.25, 0.3) is 0 Å². The van der Waals surface area contributed by atoms with Crippen LogP contribution in [0.5, 0.6) is 0 Å². The Labute approximate surface area is 118 Å². The van der Waals surface area contributed by atoms with Crippen LogP contribution in [0.15, 0.2) is 53.1 Å². The molecule has 2 N–H and O–H groups in total. The Kier molecular flexibility index (Phi) is 4.96. The number of carbonyl (C=O) groups is 1. The van der Waals surface area contributed by atoms with Crippen molar-refractivity contribution in [3.05, 3.63) is 60.1 Å². The fourth-order valence-corrected chi connectivity index (χ4v) is 2.15. The molecule has 20 heavy (non-hydrogen) atoms. The second-order valence-electron chi connectivity index (χ2n) is 4.89. The van der Waals surface area contributed by atoms with Gasteiger partial charge in [-0.3, -0.25) is 4.79 Å². The maximum absolute atomic E-state index is 11.4. The number of rotatable bonds is 7. The van der Waals surface area contributed by atoms with Crippen LogP contribution in [0.2, 0.25) is 0 Å². The van der Waals surface area contributed by atoms with Gasteiger partial charge in [0.2, 0.25) is 0 Å². The summed E-state index contributed by atoms with van der Waals surface area (Å²) in [6.45, 7) is 2.42. The molecule has 106 valence electrons. The highest BCUT2D eigenvalue weighted by Gasteiger charge is 2.20. The van der Waals surface area contributed by atoms with Gasteiger partial charge in [-0.1, -0.05) is 30.3 Å². The monoisotopic (exact) mass is 273 g/mol. The first kappa shape index (κ1) is 14.3.